The number of thiophene rings is 1. The summed E-state index contributed by atoms with van der Waals surface area (Å²) in [7, 11) is 0. The molecule has 0 bridgehead atoms. The molecule has 0 saturated carbocycles. The van der Waals surface area contributed by atoms with Gasteiger partial charge in [0.1, 0.15) is 0 Å². The number of hydrogen-bond donors (Lipinski definition) is 1. The standard InChI is InChI=1S/C10H14ClNOS/c11-10-4-3-9(14-10)7-13-6-8-2-1-5-12-8/h3-4,8,12H,1-2,5-7H2. The van der Waals surface area contributed by atoms with Crippen molar-refractivity contribution in [3.8, 4) is 0 Å². The molecule has 78 valence electrons. The Morgan fingerprint density at radius 1 is 1.57 bits per heavy atom. The number of ether oxygens (including phenoxy) is 1. The second-order valence-corrected chi connectivity index (χ2v) is 5.31. The SMILES string of the molecule is Clc1ccc(COCC2CCCN2)s1. The van der Waals surface area contributed by atoms with Crippen molar-refractivity contribution in [2.45, 2.75) is 25.5 Å². The van der Waals surface area contributed by atoms with E-state index in [2.05, 4.69) is 5.32 Å². The third-order valence-corrected chi connectivity index (χ3v) is 3.56. The number of hydrogen-bond acceptors (Lipinski definition) is 3. The molecule has 1 atom stereocenters. The maximum atomic E-state index is 5.82. The lowest BCUT2D eigenvalue weighted by Crippen LogP contribution is -2.26. The zero-order valence-corrected chi connectivity index (χ0v) is 9.53. The summed E-state index contributed by atoms with van der Waals surface area (Å²) in [6.07, 6.45) is 2.52. The maximum Gasteiger partial charge on any atom is 0.0932 e. The van der Waals surface area contributed by atoms with Crippen LogP contribution in [-0.4, -0.2) is 19.2 Å². The van der Waals surface area contributed by atoms with Gasteiger partial charge in [0.2, 0.25) is 0 Å². The molecule has 0 amide bonds. The van der Waals surface area contributed by atoms with Crippen molar-refractivity contribution in [2.75, 3.05) is 13.2 Å². The summed E-state index contributed by atoms with van der Waals surface area (Å²) in [6, 6.07) is 4.50. The normalized spacial score (nSPS) is 21.6. The van der Waals surface area contributed by atoms with Gasteiger partial charge in [-0.15, -0.1) is 11.3 Å². The van der Waals surface area contributed by atoms with Crippen molar-refractivity contribution in [2.24, 2.45) is 0 Å². The van der Waals surface area contributed by atoms with Gasteiger partial charge in [-0.1, -0.05) is 11.6 Å². The second-order valence-electron chi connectivity index (χ2n) is 3.51. The van der Waals surface area contributed by atoms with Gasteiger partial charge in [-0.25, -0.2) is 0 Å². The van der Waals surface area contributed by atoms with Crippen LogP contribution in [0.1, 0.15) is 17.7 Å². The first-order valence-electron chi connectivity index (χ1n) is 4.90. The minimum Gasteiger partial charge on any atom is -0.374 e. The van der Waals surface area contributed by atoms with Crippen molar-refractivity contribution < 1.29 is 4.74 Å². The molecule has 1 aromatic heterocycles. The molecule has 0 spiro atoms. The van der Waals surface area contributed by atoms with E-state index in [1.165, 1.54) is 17.7 Å². The molecule has 1 N–H and O–H groups in total. The van der Waals surface area contributed by atoms with E-state index in [0.717, 1.165) is 17.5 Å². The van der Waals surface area contributed by atoms with E-state index >= 15 is 0 Å². The van der Waals surface area contributed by atoms with Crippen molar-refractivity contribution in [3.63, 3.8) is 0 Å². The van der Waals surface area contributed by atoms with Crippen LogP contribution in [0.25, 0.3) is 0 Å². The van der Waals surface area contributed by atoms with Crippen LogP contribution in [0.5, 0.6) is 0 Å². The molecule has 1 aliphatic rings. The largest absolute Gasteiger partial charge is 0.374 e. The molecule has 2 heterocycles. The minimum absolute atomic E-state index is 0.561. The van der Waals surface area contributed by atoms with E-state index < -0.39 is 0 Å². The molecule has 0 aromatic carbocycles. The Morgan fingerprint density at radius 3 is 3.14 bits per heavy atom. The summed E-state index contributed by atoms with van der Waals surface area (Å²) in [5, 5.41) is 3.40. The second kappa shape index (κ2) is 5.12. The molecule has 1 aromatic rings. The minimum atomic E-state index is 0.561. The van der Waals surface area contributed by atoms with Gasteiger partial charge in [0.15, 0.2) is 0 Å². The van der Waals surface area contributed by atoms with E-state index in [-0.39, 0.29) is 0 Å². The topological polar surface area (TPSA) is 21.3 Å². The first-order valence-corrected chi connectivity index (χ1v) is 6.09. The van der Waals surface area contributed by atoms with Gasteiger partial charge in [-0.3, -0.25) is 0 Å². The predicted octanol–water partition coefficient (Wildman–Crippen LogP) is 2.67. The molecular formula is C10H14ClNOS. The van der Waals surface area contributed by atoms with Gasteiger partial charge in [0.25, 0.3) is 0 Å². The Morgan fingerprint density at radius 2 is 2.50 bits per heavy atom. The van der Waals surface area contributed by atoms with Crippen LogP contribution in [-0.2, 0) is 11.3 Å². The average molecular weight is 232 g/mol. The van der Waals surface area contributed by atoms with E-state index in [4.69, 9.17) is 16.3 Å². The summed E-state index contributed by atoms with van der Waals surface area (Å²) < 4.78 is 6.44. The monoisotopic (exact) mass is 231 g/mol. The van der Waals surface area contributed by atoms with E-state index in [1.807, 2.05) is 12.1 Å². The zero-order chi connectivity index (χ0) is 9.80. The Labute approximate surface area is 93.2 Å². The molecule has 14 heavy (non-hydrogen) atoms. The van der Waals surface area contributed by atoms with E-state index in [0.29, 0.717) is 12.6 Å². The first-order chi connectivity index (χ1) is 6.84. The molecule has 1 unspecified atom stereocenters. The molecule has 0 aliphatic carbocycles. The highest BCUT2D eigenvalue weighted by Crippen LogP contribution is 2.22. The van der Waals surface area contributed by atoms with Crippen LogP contribution in [0, 0.1) is 0 Å². The highest BCUT2D eigenvalue weighted by atomic mass is 35.5. The number of rotatable bonds is 4. The van der Waals surface area contributed by atoms with Gasteiger partial charge in [-0.05, 0) is 31.5 Å². The van der Waals surface area contributed by atoms with Crippen LogP contribution in [0.3, 0.4) is 0 Å². The quantitative estimate of drug-likeness (QED) is 0.861. The Balaban J connectivity index is 1.67. The molecule has 1 fully saturated rings. The summed E-state index contributed by atoms with van der Waals surface area (Å²) in [5.74, 6) is 0. The van der Waals surface area contributed by atoms with Gasteiger partial charge in [-0.2, -0.15) is 0 Å². The van der Waals surface area contributed by atoms with Crippen molar-refractivity contribution in [1.82, 2.24) is 5.32 Å². The van der Waals surface area contributed by atoms with Gasteiger partial charge in [0, 0.05) is 10.9 Å². The zero-order valence-electron chi connectivity index (χ0n) is 7.96. The molecule has 2 nitrogen and oxygen atoms in total. The fourth-order valence-corrected chi connectivity index (χ4v) is 2.66. The maximum absolute atomic E-state index is 5.82. The van der Waals surface area contributed by atoms with Gasteiger partial charge in [0.05, 0.1) is 17.6 Å². The average Bonchev–Trinajstić information content (AvgIpc) is 2.77. The Kier molecular flexibility index (Phi) is 3.81. The summed E-state index contributed by atoms with van der Waals surface area (Å²) in [4.78, 5) is 1.20. The van der Waals surface area contributed by atoms with Crippen molar-refractivity contribution in [3.05, 3.63) is 21.3 Å². The third-order valence-electron chi connectivity index (χ3n) is 2.35. The van der Waals surface area contributed by atoms with Crippen LogP contribution in [0.15, 0.2) is 12.1 Å². The molecule has 0 radical (unpaired) electrons. The van der Waals surface area contributed by atoms with Crippen LogP contribution < -0.4 is 5.32 Å². The molecular weight excluding hydrogens is 218 g/mol. The lowest BCUT2D eigenvalue weighted by molar-refractivity contribution is 0.105. The lowest BCUT2D eigenvalue weighted by Gasteiger charge is -2.09. The van der Waals surface area contributed by atoms with Crippen LogP contribution in [0.2, 0.25) is 4.34 Å². The van der Waals surface area contributed by atoms with Gasteiger partial charge >= 0.3 is 0 Å². The smallest absolute Gasteiger partial charge is 0.0932 e. The number of nitrogens with one attached hydrogen (secondary N) is 1. The van der Waals surface area contributed by atoms with E-state index in [1.54, 1.807) is 11.3 Å². The molecule has 1 aliphatic heterocycles. The Hall–Kier alpha value is -0.0900. The summed E-state index contributed by atoms with van der Waals surface area (Å²) in [5.41, 5.74) is 0. The predicted molar refractivity (Wildman–Crippen MR) is 60.0 cm³/mol. The first kappa shape index (κ1) is 10.4. The third kappa shape index (κ3) is 2.95. The van der Waals surface area contributed by atoms with Crippen molar-refractivity contribution >= 4 is 22.9 Å². The summed E-state index contributed by atoms with van der Waals surface area (Å²) in [6.45, 7) is 2.64. The van der Waals surface area contributed by atoms with Gasteiger partial charge < -0.3 is 10.1 Å². The van der Waals surface area contributed by atoms with Crippen molar-refractivity contribution in [1.29, 1.82) is 0 Å². The molecule has 1 saturated heterocycles. The van der Waals surface area contributed by atoms with Crippen LogP contribution >= 0.6 is 22.9 Å². The summed E-state index contributed by atoms with van der Waals surface area (Å²) >= 11 is 7.41. The van der Waals surface area contributed by atoms with Crippen LogP contribution in [0.4, 0.5) is 0 Å². The van der Waals surface area contributed by atoms with E-state index in [9.17, 15) is 0 Å². The number of halogens is 1. The molecule has 2 rings (SSSR count). The Bertz CT molecular complexity index is 283. The highest BCUT2D eigenvalue weighted by molar-refractivity contribution is 7.16. The fourth-order valence-electron chi connectivity index (χ4n) is 1.63. The lowest BCUT2D eigenvalue weighted by atomic mass is 10.2. The highest BCUT2D eigenvalue weighted by Gasteiger charge is 2.13. The molecule has 4 heteroatoms. The fraction of sp³-hybridized carbons (Fsp3) is 0.600.